The lowest BCUT2D eigenvalue weighted by Gasteiger charge is -2.34. The molecule has 1 fully saturated rings. The normalized spacial score (nSPS) is 16.5. The summed E-state index contributed by atoms with van der Waals surface area (Å²) in [6.45, 7) is 1.12. The van der Waals surface area contributed by atoms with Crippen molar-refractivity contribution < 1.29 is 18.0 Å². The zero-order valence-corrected chi connectivity index (χ0v) is 16.0. The first-order valence-corrected chi connectivity index (χ1v) is 9.53. The number of para-hydroxylation sites is 1. The van der Waals surface area contributed by atoms with Crippen LogP contribution in [0.15, 0.2) is 42.6 Å². The number of aromatic amines is 1. The summed E-state index contributed by atoms with van der Waals surface area (Å²) in [5.74, 6) is -2.66. The number of hydrogen-bond acceptors (Lipinski definition) is 4. The monoisotopic (exact) mass is 415 g/mol. The number of carbonyl (C=O) groups is 1. The largest absolute Gasteiger partial charge is 0.366 e. The first-order chi connectivity index (χ1) is 14.4. The number of nitrogens with one attached hydrogen (secondary N) is 2. The van der Waals surface area contributed by atoms with Gasteiger partial charge in [-0.1, -0.05) is 6.07 Å². The summed E-state index contributed by atoms with van der Waals surface area (Å²) in [6.07, 6.45) is 3.04. The molecular formula is C21H20F3N5O. The number of H-pyrrole nitrogens is 1. The average molecular weight is 415 g/mol. The van der Waals surface area contributed by atoms with Crippen molar-refractivity contribution in [3.8, 4) is 11.3 Å². The third-order valence-electron chi connectivity index (χ3n) is 5.01. The molecule has 4 rings (SSSR count). The van der Waals surface area contributed by atoms with E-state index in [9.17, 15) is 18.0 Å². The van der Waals surface area contributed by atoms with E-state index in [4.69, 9.17) is 5.73 Å². The van der Waals surface area contributed by atoms with E-state index < -0.39 is 23.4 Å². The number of piperidine rings is 1. The topological polar surface area (TPSA) is 87.0 Å². The van der Waals surface area contributed by atoms with E-state index >= 15 is 0 Å². The molecule has 4 N–H and O–H groups in total. The highest BCUT2D eigenvalue weighted by Crippen LogP contribution is 2.31. The SMILES string of the molecule is N[C@@H]1CCCN(c2c(F)cccc2NC(=O)c2nc(-c3ccc(F)cc3F)c[nH]2)C1. The molecule has 3 aromatic rings. The highest BCUT2D eigenvalue weighted by atomic mass is 19.1. The van der Waals surface area contributed by atoms with Crippen LogP contribution in [0.25, 0.3) is 11.3 Å². The quantitative estimate of drug-likeness (QED) is 0.607. The molecule has 2 heterocycles. The fraction of sp³-hybridized carbons (Fsp3) is 0.238. The van der Waals surface area contributed by atoms with Crippen LogP contribution in [0.3, 0.4) is 0 Å². The van der Waals surface area contributed by atoms with Crippen molar-refractivity contribution >= 4 is 17.3 Å². The van der Waals surface area contributed by atoms with E-state index in [-0.39, 0.29) is 28.8 Å². The summed E-state index contributed by atoms with van der Waals surface area (Å²) < 4.78 is 41.7. The fourth-order valence-electron chi connectivity index (χ4n) is 3.61. The van der Waals surface area contributed by atoms with Crippen LogP contribution < -0.4 is 16.0 Å². The van der Waals surface area contributed by atoms with Gasteiger partial charge in [0.15, 0.2) is 5.82 Å². The van der Waals surface area contributed by atoms with Crippen LogP contribution in [-0.4, -0.2) is 35.0 Å². The van der Waals surface area contributed by atoms with Gasteiger partial charge >= 0.3 is 0 Å². The van der Waals surface area contributed by atoms with E-state index in [0.717, 1.165) is 25.0 Å². The van der Waals surface area contributed by atoms with Crippen molar-refractivity contribution in [2.75, 3.05) is 23.3 Å². The van der Waals surface area contributed by atoms with Gasteiger partial charge in [0.1, 0.15) is 17.5 Å². The summed E-state index contributed by atoms with van der Waals surface area (Å²) >= 11 is 0. The maximum atomic E-state index is 14.6. The number of halogens is 3. The van der Waals surface area contributed by atoms with Crippen LogP contribution in [0.2, 0.25) is 0 Å². The Morgan fingerprint density at radius 1 is 1.20 bits per heavy atom. The van der Waals surface area contributed by atoms with Gasteiger partial charge in [-0.2, -0.15) is 0 Å². The Balaban J connectivity index is 1.58. The minimum atomic E-state index is -0.790. The van der Waals surface area contributed by atoms with Crippen molar-refractivity contribution in [3.05, 3.63) is 65.9 Å². The average Bonchev–Trinajstić information content (AvgIpc) is 3.18. The molecule has 1 saturated heterocycles. The van der Waals surface area contributed by atoms with Crippen LogP contribution in [0.5, 0.6) is 0 Å². The van der Waals surface area contributed by atoms with Gasteiger partial charge in [-0.25, -0.2) is 18.2 Å². The zero-order valence-electron chi connectivity index (χ0n) is 16.0. The standard InChI is InChI=1S/C21H20F3N5O/c22-12-6-7-14(16(24)9-12)18-10-26-20(27-18)21(30)28-17-5-1-4-15(23)19(17)29-8-2-3-13(25)11-29/h1,4-7,9-10,13H,2-3,8,11,25H2,(H,26,27)(H,28,30)/t13-/m1/s1. The van der Waals surface area contributed by atoms with Crippen molar-refractivity contribution in [2.24, 2.45) is 5.73 Å². The van der Waals surface area contributed by atoms with Gasteiger partial charge < -0.3 is 20.9 Å². The molecule has 2 aromatic carbocycles. The maximum absolute atomic E-state index is 14.6. The second kappa shape index (κ2) is 8.19. The summed E-state index contributed by atoms with van der Waals surface area (Å²) in [5, 5.41) is 2.66. The minimum absolute atomic E-state index is 0.0560. The van der Waals surface area contributed by atoms with Crippen LogP contribution >= 0.6 is 0 Å². The zero-order chi connectivity index (χ0) is 21.3. The van der Waals surface area contributed by atoms with Crippen molar-refractivity contribution in [3.63, 3.8) is 0 Å². The van der Waals surface area contributed by atoms with Gasteiger partial charge in [0, 0.05) is 37.0 Å². The molecule has 0 aliphatic carbocycles. The fourth-order valence-corrected chi connectivity index (χ4v) is 3.61. The lowest BCUT2D eigenvalue weighted by molar-refractivity contribution is 0.101. The molecule has 6 nitrogen and oxygen atoms in total. The first kappa shape index (κ1) is 20.0. The van der Waals surface area contributed by atoms with E-state index in [0.29, 0.717) is 18.8 Å². The van der Waals surface area contributed by atoms with Crippen LogP contribution in [0.4, 0.5) is 24.5 Å². The molecule has 1 aromatic heterocycles. The number of carbonyl (C=O) groups excluding carboxylic acids is 1. The summed E-state index contributed by atoms with van der Waals surface area (Å²) in [5.41, 5.74) is 6.79. The molecule has 0 bridgehead atoms. The highest BCUT2D eigenvalue weighted by Gasteiger charge is 2.24. The van der Waals surface area contributed by atoms with Crippen LogP contribution in [0, 0.1) is 17.5 Å². The van der Waals surface area contributed by atoms with E-state index in [1.54, 1.807) is 6.07 Å². The van der Waals surface area contributed by atoms with Crippen LogP contribution in [0.1, 0.15) is 23.5 Å². The molecule has 1 aliphatic heterocycles. The van der Waals surface area contributed by atoms with Gasteiger partial charge in [-0.15, -0.1) is 0 Å². The minimum Gasteiger partial charge on any atom is -0.366 e. The Labute approximate surface area is 170 Å². The number of amides is 1. The highest BCUT2D eigenvalue weighted by molar-refractivity contribution is 6.04. The molecule has 30 heavy (non-hydrogen) atoms. The van der Waals surface area contributed by atoms with Crippen molar-refractivity contribution in [2.45, 2.75) is 18.9 Å². The number of rotatable bonds is 4. The predicted molar refractivity (Wildman–Crippen MR) is 108 cm³/mol. The molecule has 156 valence electrons. The second-order valence-corrected chi connectivity index (χ2v) is 7.20. The maximum Gasteiger partial charge on any atom is 0.291 e. The number of anilines is 2. The van der Waals surface area contributed by atoms with E-state index in [1.807, 2.05) is 4.90 Å². The molecule has 1 amide bonds. The summed E-state index contributed by atoms with van der Waals surface area (Å²) in [4.78, 5) is 21.3. The smallest absolute Gasteiger partial charge is 0.291 e. The second-order valence-electron chi connectivity index (χ2n) is 7.20. The Kier molecular flexibility index (Phi) is 5.45. The molecule has 0 unspecified atom stereocenters. The Morgan fingerprint density at radius 3 is 2.80 bits per heavy atom. The number of nitrogens with zero attached hydrogens (tertiary/aromatic N) is 2. The van der Waals surface area contributed by atoms with E-state index in [2.05, 4.69) is 15.3 Å². The van der Waals surface area contributed by atoms with Gasteiger partial charge in [-0.05, 0) is 37.1 Å². The Bertz CT molecular complexity index is 1080. The van der Waals surface area contributed by atoms with Gasteiger partial charge in [0.25, 0.3) is 5.91 Å². The molecule has 0 radical (unpaired) electrons. The van der Waals surface area contributed by atoms with E-state index in [1.165, 1.54) is 24.4 Å². The third kappa shape index (κ3) is 4.02. The number of nitrogens with two attached hydrogens (primary N) is 1. The van der Waals surface area contributed by atoms with Crippen LogP contribution in [-0.2, 0) is 0 Å². The molecule has 1 atom stereocenters. The van der Waals surface area contributed by atoms with Crippen molar-refractivity contribution in [1.82, 2.24) is 9.97 Å². The number of hydrogen-bond donors (Lipinski definition) is 3. The predicted octanol–water partition coefficient (Wildman–Crippen LogP) is 3.67. The number of imidazole rings is 1. The molecule has 0 spiro atoms. The van der Waals surface area contributed by atoms with Crippen molar-refractivity contribution in [1.29, 1.82) is 0 Å². The molecule has 0 saturated carbocycles. The lowest BCUT2D eigenvalue weighted by Crippen LogP contribution is -2.43. The molecule has 1 aliphatic rings. The Morgan fingerprint density at radius 2 is 2.03 bits per heavy atom. The summed E-state index contributed by atoms with van der Waals surface area (Å²) in [7, 11) is 0. The third-order valence-corrected chi connectivity index (χ3v) is 5.01. The van der Waals surface area contributed by atoms with Gasteiger partial charge in [0.05, 0.1) is 17.1 Å². The molecular weight excluding hydrogens is 395 g/mol. The Hall–Kier alpha value is -3.33. The number of benzene rings is 2. The molecule has 9 heteroatoms. The summed E-state index contributed by atoms with van der Waals surface area (Å²) in [6, 6.07) is 7.45. The van der Waals surface area contributed by atoms with Gasteiger partial charge in [0.2, 0.25) is 0 Å². The first-order valence-electron chi connectivity index (χ1n) is 9.53. The lowest BCUT2D eigenvalue weighted by atomic mass is 10.1. The number of aromatic nitrogens is 2. The van der Waals surface area contributed by atoms with Gasteiger partial charge in [-0.3, -0.25) is 4.79 Å².